The lowest BCUT2D eigenvalue weighted by Crippen LogP contribution is -2.17. The number of benzene rings is 3. The van der Waals surface area contributed by atoms with E-state index >= 15 is 0 Å². The summed E-state index contributed by atoms with van der Waals surface area (Å²) in [4.78, 5) is 0. The van der Waals surface area contributed by atoms with Gasteiger partial charge in [-0.2, -0.15) is 23.4 Å². The maximum absolute atomic E-state index is 12.5. The van der Waals surface area contributed by atoms with E-state index in [1.54, 1.807) is 24.3 Å². The Morgan fingerprint density at radius 2 is 1.18 bits per heavy atom. The van der Waals surface area contributed by atoms with Gasteiger partial charge in [-0.25, -0.2) is 0 Å². The average molecular weight is 381 g/mol. The van der Waals surface area contributed by atoms with E-state index in [9.17, 15) is 13.2 Å². The van der Waals surface area contributed by atoms with Crippen LogP contribution in [0.2, 0.25) is 0 Å². The molecule has 28 heavy (non-hydrogen) atoms. The molecule has 0 unspecified atom stereocenters. The number of nitrogens with zero attached hydrogens (tertiary/aromatic N) is 2. The average Bonchev–Trinajstić information content (AvgIpc) is 2.68. The molecule has 0 aromatic heterocycles. The summed E-state index contributed by atoms with van der Waals surface area (Å²) in [6.07, 6.45) is -4.47. The molecule has 6 heteroatoms. The highest BCUT2D eigenvalue weighted by atomic mass is 19.4. The molecule has 0 saturated carbocycles. The van der Waals surface area contributed by atoms with Crippen molar-refractivity contribution >= 4 is 17.1 Å². The lowest BCUT2D eigenvalue weighted by atomic mass is 10.1. The van der Waals surface area contributed by atoms with Gasteiger partial charge in [-0.05, 0) is 54.4 Å². The van der Waals surface area contributed by atoms with Crippen molar-refractivity contribution in [3.05, 3.63) is 90.6 Å². The third-order valence-corrected chi connectivity index (χ3v) is 4.04. The van der Waals surface area contributed by atoms with Gasteiger partial charge >= 0.3 is 6.18 Å². The lowest BCUT2D eigenvalue weighted by molar-refractivity contribution is -0.0898. The minimum Gasteiger partial charge on any atom is -0.352 e. The highest BCUT2D eigenvalue weighted by Gasteiger charge is 2.32. The Bertz CT molecular complexity index is 972. The van der Waals surface area contributed by atoms with Crippen LogP contribution in [0, 0.1) is 6.92 Å². The summed E-state index contributed by atoms with van der Waals surface area (Å²) >= 11 is 0. The number of alkyl halides is 3. The molecule has 0 amide bonds. The SMILES string of the molecule is C=C(Nc1ccc(-c2ccc(N=Nc3ccc(C)cc3)cc2)cc1)C(F)(F)F. The molecule has 3 aromatic rings. The number of aryl methyl sites for hydroxylation is 1. The molecule has 0 aliphatic carbocycles. The van der Waals surface area contributed by atoms with E-state index in [1.807, 2.05) is 55.5 Å². The van der Waals surface area contributed by atoms with Crippen molar-refractivity contribution in [1.29, 1.82) is 0 Å². The summed E-state index contributed by atoms with van der Waals surface area (Å²) in [5, 5.41) is 10.7. The molecule has 0 heterocycles. The molecule has 142 valence electrons. The Kier molecular flexibility index (Phi) is 5.59. The van der Waals surface area contributed by atoms with Gasteiger partial charge in [-0.1, -0.05) is 48.5 Å². The molecule has 0 radical (unpaired) electrons. The van der Waals surface area contributed by atoms with E-state index in [0.29, 0.717) is 11.4 Å². The summed E-state index contributed by atoms with van der Waals surface area (Å²) in [6, 6.07) is 21.8. The number of hydrogen-bond acceptors (Lipinski definition) is 3. The number of anilines is 1. The Hall–Kier alpha value is -3.41. The Balaban J connectivity index is 1.67. The maximum Gasteiger partial charge on any atom is 0.430 e. The zero-order valence-corrected chi connectivity index (χ0v) is 15.2. The molecule has 0 atom stereocenters. The van der Waals surface area contributed by atoms with Gasteiger partial charge in [0.05, 0.1) is 11.4 Å². The highest BCUT2D eigenvalue weighted by Crippen LogP contribution is 2.28. The van der Waals surface area contributed by atoms with Gasteiger partial charge in [0, 0.05) is 5.69 Å². The Morgan fingerprint density at radius 3 is 1.64 bits per heavy atom. The van der Waals surface area contributed by atoms with Crippen LogP contribution in [-0.4, -0.2) is 6.18 Å². The summed E-state index contributed by atoms with van der Waals surface area (Å²) in [5.41, 5.74) is 3.79. The minimum absolute atomic E-state index is 0.328. The van der Waals surface area contributed by atoms with Crippen molar-refractivity contribution in [3.63, 3.8) is 0 Å². The number of hydrogen-bond donors (Lipinski definition) is 1. The molecule has 0 aliphatic rings. The monoisotopic (exact) mass is 381 g/mol. The first-order chi connectivity index (χ1) is 13.3. The zero-order chi connectivity index (χ0) is 20.1. The molecule has 0 saturated heterocycles. The lowest BCUT2D eigenvalue weighted by Gasteiger charge is -2.13. The van der Waals surface area contributed by atoms with E-state index in [1.165, 1.54) is 0 Å². The van der Waals surface area contributed by atoms with Gasteiger partial charge in [0.1, 0.15) is 5.70 Å². The molecule has 3 rings (SSSR count). The van der Waals surface area contributed by atoms with Crippen molar-refractivity contribution < 1.29 is 13.2 Å². The summed E-state index contributed by atoms with van der Waals surface area (Å²) in [5.74, 6) is 0. The Labute approximate surface area is 161 Å². The second-order valence-electron chi connectivity index (χ2n) is 6.26. The van der Waals surface area contributed by atoms with Crippen LogP contribution in [0.5, 0.6) is 0 Å². The van der Waals surface area contributed by atoms with E-state index in [4.69, 9.17) is 0 Å². The second kappa shape index (κ2) is 8.08. The molecule has 3 nitrogen and oxygen atoms in total. The van der Waals surface area contributed by atoms with Crippen LogP contribution >= 0.6 is 0 Å². The van der Waals surface area contributed by atoms with Crippen molar-refractivity contribution in [3.8, 4) is 11.1 Å². The van der Waals surface area contributed by atoms with Crippen LogP contribution in [0.25, 0.3) is 11.1 Å². The largest absolute Gasteiger partial charge is 0.430 e. The van der Waals surface area contributed by atoms with E-state index in [0.717, 1.165) is 22.4 Å². The first-order valence-corrected chi connectivity index (χ1v) is 8.53. The predicted octanol–water partition coefficient (Wildman–Crippen LogP) is 7.57. The molecule has 0 fully saturated rings. The second-order valence-corrected chi connectivity index (χ2v) is 6.26. The normalized spacial score (nSPS) is 11.6. The molecular formula is C22H18F3N3. The molecule has 0 aliphatic heterocycles. The third-order valence-electron chi connectivity index (χ3n) is 4.04. The summed E-state index contributed by atoms with van der Waals surface area (Å²) in [6.45, 7) is 5.01. The standard InChI is InChI=1S/C22H18F3N3/c1-15-3-9-20(10-4-15)27-28-21-13-7-18(8-14-21)17-5-11-19(12-6-17)26-16(2)22(23,24)25/h3-14,26H,2H2,1H3. The van der Waals surface area contributed by atoms with Crippen molar-refractivity contribution in [2.24, 2.45) is 10.2 Å². The quantitative estimate of drug-likeness (QED) is 0.455. The minimum atomic E-state index is -4.47. The fraction of sp³-hybridized carbons (Fsp3) is 0.0909. The number of nitrogens with one attached hydrogen (secondary N) is 1. The van der Waals surface area contributed by atoms with Crippen LogP contribution in [0.1, 0.15) is 5.56 Å². The van der Waals surface area contributed by atoms with Crippen LogP contribution in [0.4, 0.5) is 30.2 Å². The zero-order valence-electron chi connectivity index (χ0n) is 15.2. The van der Waals surface area contributed by atoms with Gasteiger partial charge < -0.3 is 5.32 Å². The number of rotatable bonds is 5. The number of halogens is 3. The van der Waals surface area contributed by atoms with Crippen LogP contribution < -0.4 is 5.32 Å². The molecular weight excluding hydrogens is 363 g/mol. The van der Waals surface area contributed by atoms with Crippen molar-refractivity contribution in [2.45, 2.75) is 13.1 Å². The van der Waals surface area contributed by atoms with Crippen LogP contribution in [-0.2, 0) is 0 Å². The van der Waals surface area contributed by atoms with E-state index in [2.05, 4.69) is 22.1 Å². The fourth-order valence-corrected chi connectivity index (χ4v) is 2.44. The van der Waals surface area contributed by atoms with Gasteiger partial charge in [0.15, 0.2) is 0 Å². The smallest absolute Gasteiger partial charge is 0.352 e. The van der Waals surface area contributed by atoms with Gasteiger partial charge in [-0.15, -0.1) is 0 Å². The van der Waals surface area contributed by atoms with E-state index in [-0.39, 0.29) is 0 Å². The summed E-state index contributed by atoms with van der Waals surface area (Å²) < 4.78 is 37.6. The Morgan fingerprint density at radius 1 is 0.750 bits per heavy atom. The first-order valence-electron chi connectivity index (χ1n) is 8.53. The van der Waals surface area contributed by atoms with Crippen LogP contribution in [0.15, 0.2) is 95.3 Å². The van der Waals surface area contributed by atoms with Gasteiger partial charge in [0.25, 0.3) is 0 Å². The molecule has 3 aromatic carbocycles. The van der Waals surface area contributed by atoms with Crippen LogP contribution in [0.3, 0.4) is 0 Å². The molecule has 0 bridgehead atoms. The highest BCUT2D eigenvalue weighted by molar-refractivity contribution is 5.68. The third kappa shape index (κ3) is 5.07. The molecule has 1 N–H and O–H groups in total. The first kappa shape index (κ1) is 19.4. The number of allylic oxidation sites excluding steroid dienone is 1. The van der Waals surface area contributed by atoms with Gasteiger partial charge in [0.2, 0.25) is 0 Å². The molecule has 0 spiro atoms. The topological polar surface area (TPSA) is 36.8 Å². The fourth-order valence-electron chi connectivity index (χ4n) is 2.44. The van der Waals surface area contributed by atoms with Crippen molar-refractivity contribution in [2.75, 3.05) is 5.32 Å². The van der Waals surface area contributed by atoms with Gasteiger partial charge in [-0.3, -0.25) is 0 Å². The van der Waals surface area contributed by atoms with E-state index < -0.39 is 11.9 Å². The van der Waals surface area contributed by atoms with Crippen molar-refractivity contribution in [1.82, 2.24) is 0 Å². The summed E-state index contributed by atoms with van der Waals surface area (Å²) in [7, 11) is 0. The predicted molar refractivity (Wildman–Crippen MR) is 106 cm³/mol. The number of azo groups is 1. The maximum atomic E-state index is 12.5.